The Morgan fingerprint density at radius 1 is 1.30 bits per heavy atom. The molecule has 3 N–H and O–H groups in total. The van der Waals surface area contributed by atoms with E-state index in [9.17, 15) is 22.8 Å². The van der Waals surface area contributed by atoms with E-state index >= 15 is 0 Å². The predicted molar refractivity (Wildman–Crippen MR) is 60.8 cm³/mol. The first kappa shape index (κ1) is 13.7. The van der Waals surface area contributed by atoms with E-state index < -0.39 is 24.0 Å². The van der Waals surface area contributed by atoms with Crippen molar-refractivity contribution in [1.82, 2.24) is 0 Å². The summed E-state index contributed by atoms with van der Waals surface area (Å²) < 4.78 is 40.6. The van der Waals surface area contributed by atoms with Gasteiger partial charge in [0.2, 0.25) is 5.90 Å². The lowest BCUT2D eigenvalue weighted by Gasteiger charge is -2.10. The molecule has 1 heterocycles. The lowest BCUT2D eigenvalue weighted by atomic mass is 9.99. The Kier molecular flexibility index (Phi) is 3.04. The molecule has 2 aliphatic rings. The number of carbonyl (C=O) groups excluding carboxylic acids is 2. The number of halogens is 3. The van der Waals surface area contributed by atoms with Crippen LogP contribution in [0.1, 0.15) is 0 Å². The number of allylic oxidation sites excluding steroid dienone is 3. The summed E-state index contributed by atoms with van der Waals surface area (Å²) in [6.45, 7) is 0. The molecule has 0 aromatic rings. The van der Waals surface area contributed by atoms with E-state index in [2.05, 4.69) is 9.73 Å². The Labute approximate surface area is 109 Å². The molecule has 6 nitrogen and oxygen atoms in total. The SMILES string of the molecule is N=C1C=CC2=C(C(N)=O)N=C(OC(=O)C(F)(F)F)C2=C1. The van der Waals surface area contributed by atoms with Gasteiger partial charge in [-0.15, -0.1) is 0 Å². The summed E-state index contributed by atoms with van der Waals surface area (Å²) in [7, 11) is 0. The van der Waals surface area contributed by atoms with Crippen LogP contribution in [0.3, 0.4) is 0 Å². The zero-order chi connectivity index (χ0) is 15.1. The summed E-state index contributed by atoms with van der Waals surface area (Å²) in [5, 5.41) is 7.39. The number of hydrogen-bond donors (Lipinski definition) is 2. The van der Waals surface area contributed by atoms with Crippen LogP contribution in [-0.4, -0.2) is 29.7 Å². The highest BCUT2D eigenvalue weighted by atomic mass is 19.4. The number of amides is 1. The third-order valence-corrected chi connectivity index (χ3v) is 2.37. The minimum atomic E-state index is -5.20. The Balaban J connectivity index is 2.38. The summed E-state index contributed by atoms with van der Waals surface area (Å²) in [4.78, 5) is 25.4. The van der Waals surface area contributed by atoms with E-state index in [-0.39, 0.29) is 22.6 Å². The highest BCUT2D eigenvalue weighted by molar-refractivity contribution is 6.19. The summed E-state index contributed by atoms with van der Waals surface area (Å²) in [5.41, 5.74) is 4.70. The van der Waals surface area contributed by atoms with Crippen molar-refractivity contribution in [3.8, 4) is 0 Å². The number of nitrogens with zero attached hydrogens (tertiary/aromatic N) is 1. The second kappa shape index (κ2) is 4.44. The van der Waals surface area contributed by atoms with Crippen molar-refractivity contribution in [2.45, 2.75) is 6.18 Å². The van der Waals surface area contributed by atoms with Crippen LogP contribution in [0.5, 0.6) is 0 Å². The van der Waals surface area contributed by atoms with Crippen molar-refractivity contribution in [2.24, 2.45) is 10.7 Å². The van der Waals surface area contributed by atoms with Gasteiger partial charge in [-0.2, -0.15) is 13.2 Å². The van der Waals surface area contributed by atoms with Gasteiger partial charge in [0.1, 0.15) is 5.70 Å². The molecule has 1 aliphatic carbocycles. The number of primary amides is 1. The standard InChI is InChI=1S/C11H6F3N3O3/c12-11(13,14)10(19)20-9-6-3-4(15)1-2-5(6)7(17-9)8(16)18/h1-3,15H,(H2,16,18). The van der Waals surface area contributed by atoms with Crippen LogP contribution in [0.4, 0.5) is 13.2 Å². The molecule has 0 aromatic heterocycles. The Hall–Kier alpha value is -2.71. The van der Waals surface area contributed by atoms with Crippen LogP contribution < -0.4 is 5.73 Å². The molecule has 1 aliphatic heterocycles. The van der Waals surface area contributed by atoms with Crippen molar-refractivity contribution in [1.29, 1.82) is 5.41 Å². The van der Waals surface area contributed by atoms with E-state index in [0.29, 0.717) is 0 Å². The van der Waals surface area contributed by atoms with E-state index in [1.54, 1.807) is 0 Å². The third kappa shape index (κ3) is 2.37. The molecular formula is C11H6F3N3O3. The maximum atomic E-state index is 12.1. The van der Waals surface area contributed by atoms with Crippen LogP contribution >= 0.6 is 0 Å². The maximum Gasteiger partial charge on any atom is 0.491 e. The number of aliphatic imine (C=N–C) groups is 1. The van der Waals surface area contributed by atoms with Crippen LogP contribution in [0.2, 0.25) is 0 Å². The Bertz CT molecular complexity index is 654. The fraction of sp³-hybridized carbons (Fsp3) is 0.0909. The quantitative estimate of drug-likeness (QED) is 0.694. The first-order valence-electron chi connectivity index (χ1n) is 5.11. The van der Waals surface area contributed by atoms with Gasteiger partial charge in [0.15, 0.2) is 0 Å². The van der Waals surface area contributed by atoms with Gasteiger partial charge in [-0.05, 0) is 18.2 Å². The van der Waals surface area contributed by atoms with E-state index in [4.69, 9.17) is 11.1 Å². The largest absolute Gasteiger partial charge is 0.491 e. The van der Waals surface area contributed by atoms with Gasteiger partial charge in [-0.3, -0.25) is 4.79 Å². The van der Waals surface area contributed by atoms with Crippen molar-refractivity contribution < 1.29 is 27.5 Å². The number of nitrogens with two attached hydrogens (primary N) is 1. The van der Waals surface area contributed by atoms with Crippen LogP contribution in [0.15, 0.2) is 40.1 Å². The van der Waals surface area contributed by atoms with Crippen molar-refractivity contribution >= 4 is 23.5 Å². The minimum absolute atomic E-state index is 0.0507. The number of hydrogen-bond acceptors (Lipinski definition) is 5. The molecule has 0 aromatic carbocycles. The average molecular weight is 285 g/mol. The predicted octanol–water partition coefficient (Wildman–Crippen LogP) is 0.759. The number of carbonyl (C=O) groups is 2. The first-order valence-corrected chi connectivity index (χ1v) is 5.11. The number of nitrogens with one attached hydrogen (secondary N) is 1. The van der Waals surface area contributed by atoms with Crippen LogP contribution in [0, 0.1) is 5.41 Å². The molecule has 20 heavy (non-hydrogen) atoms. The molecule has 0 bridgehead atoms. The number of alkyl halides is 3. The normalized spacial score (nSPS) is 17.6. The van der Waals surface area contributed by atoms with Gasteiger partial charge in [-0.1, -0.05) is 0 Å². The molecule has 0 unspecified atom stereocenters. The van der Waals surface area contributed by atoms with Crippen molar-refractivity contribution in [3.63, 3.8) is 0 Å². The lowest BCUT2D eigenvalue weighted by Crippen LogP contribution is -2.28. The van der Waals surface area contributed by atoms with Crippen molar-refractivity contribution in [2.75, 3.05) is 0 Å². The average Bonchev–Trinajstić information content (AvgIpc) is 2.66. The first-order chi connectivity index (χ1) is 9.20. The van der Waals surface area contributed by atoms with Crippen molar-refractivity contribution in [3.05, 3.63) is 35.1 Å². The molecule has 0 fully saturated rings. The van der Waals surface area contributed by atoms with Gasteiger partial charge in [0, 0.05) is 11.1 Å². The van der Waals surface area contributed by atoms with E-state index in [0.717, 1.165) is 6.08 Å². The second-order valence-corrected chi connectivity index (χ2v) is 3.78. The summed E-state index contributed by atoms with van der Waals surface area (Å²) in [6, 6.07) is 0. The third-order valence-electron chi connectivity index (χ3n) is 2.37. The molecule has 9 heteroatoms. The molecule has 104 valence electrons. The minimum Gasteiger partial charge on any atom is -0.400 e. The highest BCUT2D eigenvalue weighted by Crippen LogP contribution is 2.30. The van der Waals surface area contributed by atoms with E-state index in [1.807, 2.05) is 0 Å². The second-order valence-electron chi connectivity index (χ2n) is 3.78. The maximum absolute atomic E-state index is 12.1. The topological polar surface area (TPSA) is 106 Å². The molecular weight excluding hydrogens is 279 g/mol. The van der Waals surface area contributed by atoms with Gasteiger partial charge in [0.05, 0.1) is 5.71 Å². The molecule has 0 saturated carbocycles. The molecule has 2 rings (SSSR count). The number of ether oxygens (including phenoxy) is 1. The highest BCUT2D eigenvalue weighted by Gasteiger charge is 2.43. The Morgan fingerprint density at radius 2 is 1.95 bits per heavy atom. The smallest absolute Gasteiger partial charge is 0.400 e. The molecule has 0 saturated heterocycles. The number of esters is 1. The van der Waals surface area contributed by atoms with Gasteiger partial charge < -0.3 is 15.9 Å². The molecule has 1 amide bonds. The zero-order valence-electron chi connectivity index (χ0n) is 9.62. The van der Waals surface area contributed by atoms with E-state index in [1.165, 1.54) is 12.2 Å². The fourth-order valence-corrected chi connectivity index (χ4v) is 1.56. The van der Waals surface area contributed by atoms with Gasteiger partial charge >= 0.3 is 12.1 Å². The van der Waals surface area contributed by atoms with Crippen LogP contribution in [-0.2, 0) is 14.3 Å². The Morgan fingerprint density at radius 3 is 2.50 bits per heavy atom. The lowest BCUT2D eigenvalue weighted by molar-refractivity contribution is -0.191. The van der Waals surface area contributed by atoms with Gasteiger partial charge in [-0.25, -0.2) is 9.79 Å². The number of fused-ring (bicyclic) bond motifs is 1. The summed E-state index contributed by atoms with van der Waals surface area (Å²) in [6.07, 6.45) is -1.49. The summed E-state index contributed by atoms with van der Waals surface area (Å²) >= 11 is 0. The monoisotopic (exact) mass is 285 g/mol. The molecule has 0 atom stereocenters. The molecule has 0 radical (unpaired) electrons. The number of rotatable bonds is 1. The zero-order valence-corrected chi connectivity index (χ0v) is 9.62. The molecule has 0 spiro atoms. The summed E-state index contributed by atoms with van der Waals surface area (Å²) in [5.74, 6) is -4.16. The van der Waals surface area contributed by atoms with Crippen LogP contribution in [0.25, 0.3) is 0 Å². The van der Waals surface area contributed by atoms with Gasteiger partial charge in [0.25, 0.3) is 5.91 Å². The fourth-order valence-electron chi connectivity index (χ4n) is 1.56.